The van der Waals surface area contributed by atoms with Crippen molar-refractivity contribution in [3.05, 3.63) is 75.9 Å². The molecule has 4 rings (SSSR count). The van der Waals surface area contributed by atoms with Gasteiger partial charge in [-0.25, -0.2) is 9.78 Å². The number of halogens is 1. The predicted octanol–water partition coefficient (Wildman–Crippen LogP) is 3.79. The van der Waals surface area contributed by atoms with Crippen LogP contribution in [0.2, 0.25) is 5.02 Å². The predicted molar refractivity (Wildman–Crippen MR) is 99.7 cm³/mol. The molecule has 0 aliphatic carbocycles. The van der Waals surface area contributed by atoms with Gasteiger partial charge in [0.15, 0.2) is 11.9 Å². The minimum atomic E-state index is -1.22. The second-order valence-corrected chi connectivity index (χ2v) is 6.80. The standard InChI is InChI=1S/C20H15ClN2O4/c1-10(23-18(24)12-6-2-3-7-13(12)19(23)25)14-9-11-5-4-8-15(21)16(11)22-17(14)20(26)27/h2-10,18,24H,1H3,(H,26,27)/t10-,18?/m0/s1. The van der Waals surface area contributed by atoms with Crippen molar-refractivity contribution in [3.63, 3.8) is 0 Å². The van der Waals surface area contributed by atoms with E-state index in [1.165, 1.54) is 4.90 Å². The smallest absolute Gasteiger partial charge is 0.354 e. The van der Waals surface area contributed by atoms with Gasteiger partial charge in [0.25, 0.3) is 5.91 Å². The molecule has 2 heterocycles. The number of carbonyl (C=O) groups is 2. The van der Waals surface area contributed by atoms with Crippen molar-refractivity contribution in [1.29, 1.82) is 0 Å². The molecule has 1 amide bonds. The number of para-hydroxylation sites is 1. The summed E-state index contributed by atoms with van der Waals surface area (Å²) in [5.74, 6) is -1.58. The van der Waals surface area contributed by atoms with Crippen molar-refractivity contribution in [2.45, 2.75) is 19.2 Å². The minimum Gasteiger partial charge on any atom is -0.477 e. The summed E-state index contributed by atoms with van der Waals surface area (Å²) in [5, 5.41) is 21.3. The molecule has 1 aliphatic heterocycles. The van der Waals surface area contributed by atoms with Gasteiger partial charge in [-0.1, -0.05) is 41.9 Å². The molecule has 0 fully saturated rings. The molecule has 7 heteroatoms. The molecule has 1 unspecified atom stereocenters. The first-order valence-corrected chi connectivity index (χ1v) is 8.70. The van der Waals surface area contributed by atoms with Crippen molar-refractivity contribution >= 4 is 34.4 Å². The second-order valence-electron chi connectivity index (χ2n) is 6.39. The van der Waals surface area contributed by atoms with E-state index in [0.29, 0.717) is 32.6 Å². The van der Waals surface area contributed by atoms with Crippen LogP contribution < -0.4 is 0 Å². The third-order valence-electron chi connectivity index (χ3n) is 4.86. The van der Waals surface area contributed by atoms with E-state index in [1.807, 2.05) is 0 Å². The van der Waals surface area contributed by atoms with Crippen LogP contribution in [0.3, 0.4) is 0 Å². The van der Waals surface area contributed by atoms with Gasteiger partial charge in [-0.15, -0.1) is 0 Å². The number of carboxylic acids is 1. The quantitative estimate of drug-likeness (QED) is 0.719. The fourth-order valence-corrected chi connectivity index (χ4v) is 3.75. The van der Waals surface area contributed by atoms with Gasteiger partial charge >= 0.3 is 5.97 Å². The van der Waals surface area contributed by atoms with E-state index in [0.717, 1.165) is 0 Å². The van der Waals surface area contributed by atoms with Crippen LogP contribution in [0.5, 0.6) is 0 Å². The van der Waals surface area contributed by atoms with Gasteiger partial charge in [-0.2, -0.15) is 0 Å². The molecule has 3 aromatic rings. The molecule has 0 radical (unpaired) electrons. The van der Waals surface area contributed by atoms with Gasteiger partial charge in [0.2, 0.25) is 0 Å². The Kier molecular flexibility index (Phi) is 4.09. The van der Waals surface area contributed by atoms with Crippen LogP contribution in [0.25, 0.3) is 10.9 Å². The van der Waals surface area contributed by atoms with Crippen molar-refractivity contribution < 1.29 is 19.8 Å². The number of hydrogen-bond donors (Lipinski definition) is 2. The summed E-state index contributed by atoms with van der Waals surface area (Å²) in [4.78, 5) is 30.1. The topological polar surface area (TPSA) is 90.7 Å². The number of rotatable bonds is 3. The van der Waals surface area contributed by atoms with Crippen molar-refractivity contribution in [3.8, 4) is 0 Å². The average Bonchev–Trinajstić information content (AvgIpc) is 2.91. The number of carboxylic acid groups (broad SMARTS) is 1. The first kappa shape index (κ1) is 17.5. The van der Waals surface area contributed by atoms with E-state index in [-0.39, 0.29) is 11.6 Å². The number of benzene rings is 2. The molecule has 2 atom stereocenters. The Bertz CT molecular complexity index is 1100. The summed E-state index contributed by atoms with van der Waals surface area (Å²) in [7, 11) is 0. The highest BCUT2D eigenvalue weighted by molar-refractivity contribution is 6.35. The maximum atomic E-state index is 12.8. The highest BCUT2D eigenvalue weighted by Gasteiger charge is 2.39. The van der Waals surface area contributed by atoms with Crippen molar-refractivity contribution in [2.24, 2.45) is 0 Å². The summed E-state index contributed by atoms with van der Waals surface area (Å²) in [6.45, 7) is 1.67. The van der Waals surface area contributed by atoms with Gasteiger partial charge < -0.3 is 15.1 Å². The van der Waals surface area contributed by atoms with E-state index >= 15 is 0 Å². The Labute approximate surface area is 159 Å². The number of carbonyl (C=O) groups excluding carboxylic acids is 1. The maximum absolute atomic E-state index is 12.8. The normalized spacial score (nSPS) is 17.2. The molecular formula is C20H15ClN2O4. The second kappa shape index (κ2) is 6.33. The molecular weight excluding hydrogens is 368 g/mol. The molecule has 6 nitrogen and oxygen atoms in total. The lowest BCUT2D eigenvalue weighted by atomic mass is 10.0. The van der Waals surface area contributed by atoms with E-state index in [2.05, 4.69) is 4.98 Å². The number of pyridine rings is 1. The van der Waals surface area contributed by atoms with Crippen LogP contribution in [0, 0.1) is 0 Å². The molecule has 2 aromatic carbocycles. The lowest BCUT2D eigenvalue weighted by Crippen LogP contribution is -2.32. The number of amides is 1. The van der Waals surface area contributed by atoms with E-state index in [4.69, 9.17) is 11.6 Å². The van der Waals surface area contributed by atoms with Crippen LogP contribution in [-0.2, 0) is 0 Å². The molecule has 1 aromatic heterocycles. The number of aliphatic hydroxyl groups is 1. The van der Waals surface area contributed by atoms with Gasteiger partial charge in [0, 0.05) is 22.1 Å². The average molecular weight is 383 g/mol. The van der Waals surface area contributed by atoms with E-state index in [9.17, 15) is 19.8 Å². The van der Waals surface area contributed by atoms with Gasteiger partial charge in [0.05, 0.1) is 16.6 Å². The van der Waals surface area contributed by atoms with Crippen LogP contribution in [0.1, 0.15) is 51.2 Å². The number of hydrogen-bond acceptors (Lipinski definition) is 4. The first-order valence-electron chi connectivity index (χ1n) is 8.32. The van der Waals surface area contributed by atoms with Crippen LogP contribution >= 0.6 is 11.6 Å². The number of aromatic nitrogens is 1. The largest absolute Gasteiger partial charge is 0.477 e. The summed E-state index contributed by atoms with van der Waals surface area (Å²) in [6, 6.07) is 12.9. The zero-order chi connectivity index (χ0) is 19.3. The Balaban J connectivity index is 1.86. The van der Waals surface area contributed by atoms with Crippen molar-refractivity contribution in [2.75, 3.05) is 0 Å². The summed E-state index contributed by atoms with van der Waals surface area (Å²) >= 11 is 6.14. The summed E-state index contributed by atoms with van der Waals surface area (Å²) in [5.41, 5.74) is 1.43. The van der Waals surface area contributed by atoms with E-state index in [1.54, 1.807) is 55.5 Å². The Hall–Kier alpha value is -2.96. The molecule has 136 valence electrons. The van der Waals surface area contributed by atoms with E-state index < -0.39 is 18.2 Å². The number of aromatic carboxylic acids is 1. The molecule has 0 spiro atoms. The molecule has 1 aliphatic rings. The number of fused-ring (bicyclic) bond motifs is 2. The highest BCUT2D eigenvalue weighted by Crippen LogP contribution is 2.39. The lowest BCUT2D eigenvalue weighted by molar-refractivity contribution is -0.000718. The first-order chi connectivity index (χ1) is 12.9. The van der Waals surface area contributed by atoms with Crippen LogP contribution in [-0.4, -0.2) is 32.0 Å². The number of aliphatic hydroxyl groups excluding tert-OH is 1. The van der Waals surface area contributed by atoms with Crippen LogP contribution in [0.4, 0.5) is 0 Å². The monoisotopic (exact) mass is 382 g/mol. The summed E-state index contributed by atoms with van der Waals surface area (Å²) < 4.78 is 0. The fourth-order valence-electron chi connectivity index (χ4n) is 3.52. The Morgan fingerprint density at radius 2 is 1.96 bits per heavy atom. The maximum Gasteiger partial charge on any atom is 0.354 e. The van der Waals surface area contributed by atoms with Gasteiger partial charge in [-0.3, -0.25) is 4.79 Å². The molecule has 2 N–H and O–H groups in total. The zero-order valence-corrected chi connectivity index (χ0v) is 15.0. The molecule has 0 saturated carbocycles. The minimum absolute atomic E-state index is 0.195. The number of nitrogens with zero attached hydrogens (tertiary/aromatic N) is 2. The highest BCUT2D eigenvalue weighted by atomic mass is 35.5. The Morgan fingerprint density at radius 1 is 1.22 bits per heavy atom. The molecule has 27 heavy (non-hydrogen) atoms. The third-order valence-corrected chi connectivity index (χ3v) is 5.17. The van der Waals surface area contributed by atoms with Crippen molar-refractivity contribution in [1.82, 2.24) is 9.88 Å². The zero-order valence-electron chi connectivity index (χ0n) is 14.3. The lowest BCUT2D eigenvalue weighted by Gasteiger charge is -2.29. The SMILES string of the molecule is C[C@@H](c1cc2cccc(Cl)c2nc1C(=O)O)N1C(=O)c2ccccc2C1O. The van der Waals surface area contributed by atoms with Gasteiger partial charge in [-0.05, 0) is 25.1 Å². The molecule has 0 bridgehead atoms. The Morgan fingerprint density at radius 3 is 2.67 bits per heavy atom. The fraction of sp³-hybridized carbons (Fsp3) is 0.150. The third kappa shape index (κ3) is 2.65. The molecule has 0 saturated heterocycles. The summed E-state index contributed by atoms with van der Waals surface area (Å²) in [6.07, 6.45) is -1.15. The van der Waals surface area contributed by atoms with Crippen LogP contribution in [0.15, 0.2) is 48.5 Å². The van der Waals surface area contributed by atoms with Gasteiger partial charge in [0.1, 0.15) is 0 Å².